The summed E-state index contributed by atoms with van der Waals surface area (Å²) in [6, 6.07) is 0. The fourth-order valence-electron chi connectivity index (χ4n) is 0.687. The van der Waals surface area contributed by atoms with Crippen molar-refractivity contribution in [3.05, 3.63) is 40.8 Å². The van der Waals surface area contributed by atoms with Gasteiger partial charge in [-0.15, -0.1) is 0 Å². The third-order valence-electron chi connectivity index (χ3n) is 1.46. The molecule has 0 heterocycles. The maximum Gasteiger partial charge on any atom is 0.339 e. The number of hydrogen-bond acceptors (Lipinski definition) is 2. The first-order valence-corrected chi connectivity index (χ1v) is 4.80. The summed E-state index contributed by atoms with van der Waals surface area (Å²) in [6.07, 6.45) is 6.33. The number of carbonyl (C=O) groups excluding carboxylic acids is 1. The Balaban J connectivity index is 4.37. The normalized spacial score (nSPS) is 7.07. The molecule has 2 heteroatoms. The first kappa shape index (κ1) is 13.1. The highest BCUT2D eigenvalue weighted by Crippen LogP contribution is 1.92. The van der Waals surface area contributed by atoms with E-state index in [-0.39, 0.29) is 0 Å². The van der Waals surface area contributed by atoms with Gasteiger partial charge in [-0.3, -0.25) is 0 Å². The quantitative estimate of drug-likeness (QED) is 0.303. The largest absolute Gasteiger partial charge is 0.465 e. The second-order valence-electron chi connectivity index (χ2n) is 2.68. The van der Waals surface area contributed by atoms with E-state index in [1.54, 1.807) is 0 Å². The summed E-state index contributed by atoms with van der Waals surface area (Å²) in [5.74, 6) is -0.466. The van der Waals surface area contributed by atoms with Gasteiger partial charge in [-0.25, -0.2) is 4.79 Å². The molecule has 0 saturated carbocycles. The highest BCUT2D eigenvalue weighted by molar-refractivity contribution is 5.81. The van der Waals surface area contributed by atoms with Gasteiger partial charge in [0.25, 0.3) is 0 Å². The van der Waals surface area contributed by atoms with Crippen LogP contribution in [0.2, 0.25) is 0 Å². The predicted octanol–water partition coefficient (Wildman–Crippen LogP) is 2.68. The number of carbonyl (C=O) groups is 1. The van der Waals surface area contributed by atoms with Gasteiger partial charge < -0.3 is 4.74 Å². The minimum Gasteiger partial charge on any atom is -0.465 e. The molecule has 0 aromatic heterocycles. The van der Waals surface area contributed by atoms with Crippen molar-refractivity contribution >= 4 is 5.97 Å². The first-order valence-electron chi connectivity index (χ1n) is 4.80. The fourth-order valence-corrected chi connectivity index (χ4v) is 0.687. The van der Waals surface area contributed by atoms with Gasteiger partial charge in [0.1, 0.15) is 0 Å². The number of hydrogen-bond donors (Lipinski definition) is 0. The Kier molecular flexibility index (Phi) is 8.91. The molecule has 0 aromatic carbocycles. The zero-order valence-electron chi connectivity index (χ0n) is 9.09. The molecule has 0 saturated heterocycles. The smallest absolute Gasteiger partial charge is 0.339 e. The third kappa shape index (κ3) is 10.0. The van der Waals surface area contributed by atoms with Crippen LogP contribution in [0.3, 0.4) is 0 Å². The minimum atomic E-state index is -0.466. The zero-order chi connectivity index (χ0) is 11.4. The average Bonchev–Trinajstić information content (AvgIpc) is 2.26. The molecule has 0 fully saturated rings. The van der Waals surface area contributed by atoms with Crippen molar-refractivity contribution in [2.75, 3.05) is 7.11 Å². The van der Waals surface area contributed by atoms with Crippen LogP contribution in [0.15, 0.2) is 40.8 Å². The van der Waals surface area contributed by atoms with Crippen molar-refractivity contribution in [3.8, 4) is 0 Å². The van der Waals surface area contributed by atoms with Crippen LogP contribution in [0.1, 0.15) is 26.2 Å². The zero-order valence-corrected chi connectivity index (χ0v) is 9.09. The Morgan fingerprint density at radius 2 is 2.00 bits per heavy atom. The van der Waals surface area contributed by atoms with E-state index in [0.717, 1.165) is 18.9 Å². The van der Waals surface area contributed by atoms with Crippen molar-refractivity contribution in [2.45, 2.75) is 26.2 Å². The third-order valence-corrected chi connectivity index (χ3v) is 1.46. The maximum atomic E-state index is 10.6. The molecule has 0 N–H and O–H groups in total. The van der Waals surface area contributed by atoms with Crippen LogP contribution in [0, 0.1) is 0 Å². The molecular formula is C13H14O2. The van der Waals surface area contributed by atoms with Gasteiger partial charge in [0, 0.05) is 0 Å². The molecule has 0 spiro atoms. The van der Waals surface area contributed by atoms with Crippen LogP contribution in [-0.4, -0.2) is 13.1 Å². The molecule has 0 radical (unpaired) electrons. The summed E-state index contributed by atoms with van der Waals surface area (Å²) in [5, 5.41) is 0. The van der Waals surface area contributed by atoms with Crippen molar-refractivity contribution in [1.29, 1.82) is 0 Å². The molecule has 0 rings (SSSR count). The number of methoxy groups -OCH3 is 1. The lowest BCUT2D eigenvalue weighted by atomic mass is 10.2. The van der Waals surface area contributed by atoms with Gasteiger partial charge in [-0.2, -0.15) is 0 Å². The summed E-state index contributed by atoms with van der Waals surface area (Å²) < 4.78 is 4.36. The Morgan fingerprint density at radius 1 is 1.27 bits per heavy atom. The number of esters is 1. The van der Waals surface area contributed by atoms with Gasteiger partial charge >= 0.3 is 5.97 Å². The minimum absolute atomic E-state index is 0.466. The molecule has 2 nitrogen and oxygen atoms in total. The predicted molar refractivity (Wildman–Crippen MR) is 58.2 cm³/mol. The van der Waals surface area contributed by atoms with Crippen molar-refractivity contribution in [1.82, 2.24) is 0 Å². The van der Waals surface area contributed by atoms with Crippen molar-refractivity contribution in [3.63, 3.8) is 0 Å². The first-order chi connectivity index (χ1) is 7.31. The Bertz CT molecular complexity index is 386. The molecule has 0 unspecified atom stereocenters. The van der Waals surface area contributed by atoms with Crippen molar-refractivity contribution < 1.29 is 9.53 Å². The second kappa shape index (κ2) is 10.2. The van der Waals surface area contributed by atoms with Gasteiger partial charge in [0.15, 0.2) is 0 Å². The van der Waals surface area contributed by atoms with Crippen LogP contribution < -0.4 is 0 Å². The molecule has 15 heavy (non-hydrogen) atoms. The van der Waals surface area contributed by atoms with E-state index in [9.17, 15) is 4.79 Å². The maximum absolute atomic E-state index is 10.6. The van der Waals surface area contributed by atoms with Crippen LogP contribution in [0.25, 0.3) is 0 Å². The molecule has 0 aliphatic heterocycles. The SMILES string of the molecule is CCCCC=C=C=C=C=C=CC(=O)OC. The number of ether oxygens (including phenoxy) is 1. The standard InChI is InChI=1S/C13H14O2/c1-3-4-5-6-7-8-9-10-11-12-13(14)15-2/h6,12H,3-5H2,1-2H3. The topological polar surface area (TPSA) is 26.3 Å². The summed E-state index contributed by atoms with van der Waals surface area (Å²) in [4.78, 5) is 10.6. The van der Waals surface area contributed by atoms with E-state index in [4.69, 9.17) is 0 Å². The number of allylic oxidation sites excluding steroid dienone is 1. The molecule has 0 aliphatic rings. The van der Waals surface area contributed by atoms with E-state index in [1.165, 1.54) is 13.5 Å². The van der Waals surface area contributed by atoms with E-state index < -0.39 is 5.97 Å². The summed E-state index contributed by atoms with van der Waals surface area (Å²) in [5.41, 5.74) is 12.9. The van der Waals surface area contributed by atoms with Gasteiger partial charge in [0.2, 0.25) is 0 Å². The van der Waals surface area contributed by atoms with E-state index in [2.05, 4.69) is 40.3 Å². The Labute approximate surface area is 90.3 Å². The van der Waals surface area contributed by atoms with E-state index >= 15 is 0 Å². The second-order valence-corrected chi connectivity index (χ2v) is 2.68. The highest BCUT2D eigenvalue weighted by atomic mass is 16.5. The van der Waals surface area contributed by atoms with Crippen LogP contribution in [0.5, 0.6) is 0 Å². The number of unbranched alkanes of at least 4 members (excludes halogenated alkanes) is 2. The van der Waals surface area contributed by atoms with Crippen LogP contribution in [-0.2, 0) is 9.53 Å². The van der Waals surface area contributed by atoms with Gasteiger partial charge in [-0.05, 0) is 36.1 Å². The summed E-state index contributed by atoms with van der Waals surface area (Å²) in [6.45, 7) is 2.13. The van der Waals surface area contributed by atoms with E-state index in [1.807, 2.05) is 6.08 Å². The highest BCUT2D eigenvalue weighted by Gasteiger charge is 1.85. The lowest BCUT2D eigenvalue weighted by Gasteiger charge is -1.82. The van der Waals surface area contributed by atoms with E-state index in [0.29, 0.717) is 0 Å². The Hall–Kier alpha value is -1.89. The Morgan fingerprint density at radius 3 is 2.67 bits per heavy atom. The molecule has 0 bridgehead atoms. The number of rotatable bonds is 4. The molecular weight excluding hydrogens is 188 g/mol. The molecule has 0 aliphatic carbocycles. The molecule has 0 aromatic rings. The monoisotopic (exact) mass is 202 g/mol. The average molecular weight is 202 g/mol. The van der Waals surface area contributed by atoms with Crippen LogP contribution in [0.4, 0.5) is 0 Å². The van der Waals surface area contributed by atoms with Crippen LogP contribution >= 0.6 is 0 Å². The summed E-state index contributed by atoms with van der Waals surface area (Å²) >= 11 is 0. The fraction of sp³-hybridized carbons (Fsp3) is 0.385. The van der Waals surface area contributed by atoms with Gasteiger partial charge in [-0.1, -0.05) is 24.8 Å². The molecule has 0 atom stereocenters. The molecule has 78 valence electrons. The summed E-state index contributed by atoms with van der Waals surface area (Å²) in [7, 11) is 1.30. The van der Waals surface area contributed by atoms with Gasteiger partial charge in [0.05, 0.1) is 13.2 Å². The van der Waals surface area contributed by atoms with Crippen molar-refractivity contribution in [2.24, 2.45) is 0 Å². The lowest BCUT2D eigenvalue weighted by Crippen LogP contribution is -1.91. The lowest BCUT2D eigenvalue weighted by molar-refractivity contribution is -0.134. The molecule has 0 amide bonds.